The third kappa shape index (κ3) is 5.10. The summed E-state index contributed by atoms with van der Waals surface area (Å²) in [4.78, 5) is 23.5. The summed E-state index contributed by atoms with van der Waals surface area (Å²) in [5.41, 5.74) is 3.81. The molecule has 1 aliphatic heterocycles. The maximum absolute atomic E-state index is 12.6. The second-order valence-corrected chi connectivity index (χ2v) is 7.54. The Morgan fingerprint density at radius 2 is 1.62 bits per heavy atom. The van der Waals surface area contributed by atoms with Crippen LogP contribution in [0, 0.1) is 6.92 Å². The van der Waals surface area contributed by atoms with E-state index in [-0.39, 0.29) is 11.9 Å². The molecule has 1 aromatic heterocycles. The number of ether oxygens (including phenoxy) is 2. The molecule has 32 heavy (non-hydrogen) atoms. The number of carbonyl (C=O) groups excluding carboxylic acids is 1. The summed E-state index contributed by atoms with van der Waals surface area (Å²) in [5.74, 6) is 1.57. The molecule has 2 amide bonds. The fourth-order valence-corrected chi connectivity index (χ4v) is 3.92. The van der Waals surface area contributed by atoms with Gasteiger partial charge in [0.25, 0.3) is 0 Å². The van der Waals surface area contributed by atoms with Crippen molar-refractivity contribution in [2.45, 2.75) is 39.5 Å². The molecular weight excluding hydrogens is 404 g/mol. The second kappa shape index (κ2) is 10.8. The number of nitrogens with zero attached hydrogens (tertiary/aromatic N) is 3. The molecule has 2 aromatic carbocycles. The molecule has 1 saturated heterocycles. The number of methoxy groups -OCH3 is 2. The van der Waals surface area contributed by atoms with Gasteiger partial charge in [0.15, 0.2) is 11.5 Å². The number of rotatable bonds is 4. The lowest BCUT2D eigenvalue weighted by Crippen LogP contribution is -2.40. The maximum Gasteiger partial charge on any atom is 0.321 e. The van der Waals surface area contributed by atoms with Crippen LogP contribution in [-0.4, -0.2) is 48.2 Å². The van der Waals surface area contributed by atoms with Crippen molar-refractivity contribution in [1.82, 2.24) is 14.9 Å². The van der Waals surface area contributed by atoms with E-state index in [4.69, 9.17) is 9.47 Å². The minimum absolute atomic E-state index is 0.0590. The molecule has 2 heterocycles. The van der Waals surface area contributed by atoms with Gasteiger partial charge in [-0.2, -0.15) is 0 Å². The lowest BCUT2D eigenvalue weighted by molar-refractivity contribution is 0.194. The number of likely N-dealkylation sites (tertiary alicyclic amines) is 1. The SMILES string of the molecule is CC.COc1cc2ncnc(C3CCN(C(=O)Nc4ccc(C)cc4)CC3)c2cc1OC. The molecule has 0 spiro atoms. The highest BCUT2D eigenvalue weighted by Gasteiger charge is 2.26. The van der Waals surface area contributed by atoms with E-state index in [0.717, 1.165) is 35.1 Å². The number of anilines is 1. The van der Waals surface area contributed by atoms with E-state index >= 15 is 0 Å². The summed E-state index contributed by atoms with van der Waals surface area (Å²) >= 11 is 0. The molecule has 0 unspecified atom stereocenters. The molecule has 1 aliphatic rings. The largest absolute Gasteiger partial charge is 0.493 e. The maximum atomic E-state index is 12.6. The number of hydrogen-bond acceptors (Lipinski definition) is 5. The van der Waals surface area contributed by atoms with Crippen LogP contribution in [0.3, 0.4) is 0 Å². The summed E-state index contributed by atoms with van der Waals surface area (Å²) in [5, 5.41) is 3.95. The van der Waals surface area contributed by atoms with Crippen LogP contribution < -0.4 is 14.8 Å². The Labute approximate surface area is 189 Å². The summed E-state index contributed by atoms with van der Waals surface area (Å²) in [6.45, 7) is 7.39. The van der Waals surface area contributed by atoms with Gasteiger partial charge in [-0.05, 0) is 38.0 Å². The van der Waals surface area contributed by atoms with Gasteiger partial charge in [0.1, 0.15) is 6.33 Å². The highest BCUT2D eigenvalue weighted by atomic mass is 16.5. The Kier molecular flexibility index (Phi) is 7.87. The molecular formula is C25H32N4O3. The monoisotopic (exact) mass is 436 g/mol. The lowest BCUT2D eigenvalue weighted by Gasteiger charge is -2.32. The first-order valence-corrected chi connectivity index (χ1v) is 11.1. The molecule has 0 atom stereocenters. The van der Waals surface area contributed by atoms with Crippen molar-refractivity contribution >= 4 is 22.6 Å². The smallest absolute Gasteiger partial charge is 0.321 e. The van der Waals surface area contributed by atoms with E-state index < -0.39 is 0 Å². The van der Waals surface area contributed by atoms with Crippen LogP contribution in [0.5, 0.6) is 11.5 Å². The molecule has 170 valence electrons. The van der Waals surface area contributed by atoms with Crippen LogP contribution in [0.1, 0.15) is 43.9 Å². The molecule has 1 fully saturated rings. The zero-order valence-corrected chi connectivity index (χ0v) is 19.5. The van der Waals surface area contributed by atoms with Crippen LogP contribution >= 0.6 is 0 Å². The third-order valence-electron chi connectivity index (χ3n) is 5.64. The van der Waals surface area contributed by atoms with Gasteiger partial charge in [-0.3, -0.25) is 0 Å². The zero-order chi connectivity index (χ0) is 23.1. The third-order valence-corrected chi connectivity index (χ3v) is 5.64. The van der Waals surface area contributed by atoms with Crippen molar-refractivity contribution in [1.29, 1.82) is 0 Å². The number of aryl methyl sites for hydroxylation is 1. The molecule has 3 aromatic rings. The topological polar surface area (TPSA) is 76.6 Å². The van der Waals surface area contributed by atoms with Gasteiger partial charge in [0, 0.05) is 36.1 Å². The van der Waals surface area contributed by atoms with Gasteiger partial charge >= 0.3 is 6.03 Å². The van der Waals surface area contributed by atoms with Crippen molar-refractivity contribution in [3.63, 3.8) is 0 Å². The van der Waals surface area contributed by atoms with Crippen LogP contribution in [0.4, 0.5) is 10.5 Å². The number of urea groups is 1. The van der Waals surface area contributed by atoms with Crippen LogP contribution in [0.2, 0.25) is 0 Å². The highest BCUT2D eigenvalue weighted by Crippen LogP contribution is 2.36. The van der Waals surface area contributed by atoms with E-state index in [2.05, 4.69) is 15.3 Å². The molecule has 7 heteroatoms. The second-order valence-electron chi connectivity index (χ2n) is 7.54. The van der Waals surface area contributed by atoms with Gasteiger partial charge < -0.3 is 19.7 Å². The van der Waals surface area contributed by atoms with Crippen molar-refractivity contribution in [2.24, 2.45) is 0 Å². The summed E-state index contributed by atoms with van der Waals surface area (Å²) in [6.07, 6.45) is 3.30. The lowest BCUT2D eigenvalue weighted by atomic mass is 9.91. The zero-order valence-electron chi connectivity index (χ0n) is 19.5. The summed E-state index contributed by atoms with van der Waals surface area (Å²) < 4.78 is 10.8. The summed E-state index contributed by atoms with van der Waals surface area (Å²) in [6, 6.07) is 11.6. The van der Waals surface area contributed by atoms with E-state index in [1.165, 1.54) is 5.56 Å². The first-order chi connectivity index (χ1) is 15.6. The van der Waals surface area contributed by atoms with E-state index in [0.29, 0.717) is 24.6 Å². The van der Waals surface area contributed by atoms with Gasteiger partial charge in [-0.15, -0.1) is 0 Å². The Balaban J connectivity index is 0.00000141. The molecule has 0 bridgehead atoms. The van der Waals surface area contributed by atoms with Crippen molar-refractivity contribution in [3.8, 4) is 11.5 Å². The van der Waals surface area contributed by atoms with Crippen LogP contribution in [-0.2, 0) is 0 Å². The standard InChI is InChI=1S/C23H26N4O3.C2H6/c1-15-4-6-17(7-5-15)26-23(28)27-10-8-16(9-11-27)22-18-12-20(29-2)21(30-3)13-19(18)24-14-25-22;1-2/h4-7,12-14,16H,8-11H2,1-3H3,(H,26,28);1-2H3. The number of amides is 2. The predicted molar refractivity (Wildman–Crippen MR) is 128 cm³/mol. The Morgan fingerprint density at radius 1 is 1.00 bits per heavy atom. The van der Waals surface area contributed by atoms with Gasteiger partial charge in [-0.1, -0.05) is 31.5 Å². The number of carbonyl (C=O) groups is 1. The molecule has 0 saturated carbocycles. The summed E-state index contributed by atoms with van der Waals surface area (Å²) in [7, 11) is 3.24. The fraction of sp³-hybridized carbons (Fsp3) is 0.400. The van der Waals surface area contributed by atoms with Crippen LogP contribution in [0.15, 0.2) is 42.7 Å². The number of hydrogen-bond donors (Lipinski definition) is 1. The number of nitrogens with one attached hydrogen (secondary N) is 1. The predicted octanol–water partition coefficient (Wildman–Crippen LogP) is 5.39. The fourth-order valence-electron chi connectivity index (χ4n) is 3.92. The molecule has 0 radical (unpaired) electrons. The van der Waals surface area contributed by atoms with Crippen molar-refractivity contribution in [3.05, 3.63) is 54.0 Å². The van der Waals surface area contributed by atoms with Crippen LogP contribution in [0.25, 0.3) is 10.9 Å². The Bertz CT molecular complexity index is 1040. The molecule has 4 rings (SSSR count). The number of piperidine rings is 1. The first kappa shape index (κ1) is 23.3. The number of fused-ring (bicyclic) bond motifs is 1. The van der Waals surface area contributed by atoms with Gasteiger partial charge in [0.2, 0.25) is 0 Å². The number of aromatic nitrogens is 2. The van der Waals surface area contributed by atoms with E-state index in [9.17, 15) is 4.79 Å². The molecule has 7 nitrogen and oxygen atoms in total. The molecule has 1 N–H and O–H groups in total. The molecule has 0 aliphatic carbocycles. The average Bonchev–Trinajstić information content (AvgIpc) is 2.85. The Morgan fingerprint density at radius 3 is 2.25 bits per heavy atom. The highest BCUT2D eigenvalue weighted by molar-refractivity contribution is 5.89. The minimum atomic E-state index is -0.0590. The first-order valence-electron chi connectivity index (χ1n) is 11.1. The van der Waals surface area contributed by atoms with E-state index in [1.807, 2.05) is 62.1 Å². The normalized spacial score (nSPS) is 13.8. The van der Waals surface area contributed by atoms with Crippen molar-refractivity contribution in [2.75, 3.05) is 32.6 Å². The van der Waals surface area contributed by atoms with Gasteiger partial charge in [0.05, 0.1) is 25.4 Å². The van der Waals surface area contributed by atoms with Crippen molar-refractivity contribution < 1.29 is 14.3 Å². The van der Waals surface area contributed by atoms with Gasteiger partial charge in [-0.25, -0.2) is 14.8 Å². The minimum Gasteiger partial charge on any atom is -0.493 e. The average molecular weight is 437 g/mol. The quantitative estimate of drug-likeness (QED) is 0.593. The van der Waals surface area contributed by atoms with E-state index in [1.54, 1.807) is 20.5 Å². The number of benzene rings is 2. The Hall–Kier alpha value is -3.35.